The van der Waals surface area contributed by atoms with Gasteiger partial charge in [-0.05, 0) is 39.0 Å². The van der Waals surface area contributed by atoms with Crippen molar-refractivity contribution in [3.05, 3.63) is 11.1 Å². The lowest BCUT2D eigenvalue weighted by Crippen LogP contribution is -2.37. The highest BCUT2D eigenvalue weighted by Crippen LogP contribution is 2.33. The van der Waals surface area contributed by atoms with Gasteiger partial charge in [-0.25, -0.2) is 4.98 Å². The molecule has 0 radical (unpaired) electrons. The highest BCUT2D eigenvalue weighted by molar-refractivity contribution is 7.15. The third-order valence-electron chi connectivity index (χ3n) is 3.72. The Kier molecular flexibility index (Phi) is 4.21. The van der Waals surface area contributed by atoms with Crippen molar-refractivity contribution >= 4 is 16.5 Å². The van der Waals surface area contributed by atoms with Gasteiger partial charge in [0.15, 0.2) is 5.13 Å². The van der Waals surface area contributed by atoms with Crippen LogP contribution in [0.2, 0.25) is 0 Å². The number of piperidine rings is 1. The van der Waals surface area contributed by atoms with E-state index in [2.05, 4.69) is 49.8 Å². The molecule has 0 aliphatic carbocycles. The molecule has 1 N–H and O–H groups in total. The molecule has 0 aromatic carbocycles. The van der Waals surface area contributed by atoms with Gasteiger partial charge < -0.3 is 10.2 Å². The zero-order chi connectivity index (χ0) is 14.1. The molecule has 4 heteroatoms. The minimum absolute atomic E-state index is 0.166. The summed E-state index contributed by atoms with van der Waals surface area (Å²) in [5, 5.41) is 4.71. The van der Waals surface area contributed by atoms with Gasteiger partial charge in [-0.15, -0.1) is 11.3 Å². The number of anilines is 1. The smallest absolute Gasteiger partial charge is 0.185 e. The van der Waals surface area contributed by atoms with E-state index in [0.717, 1.165) is 19.6 Å². The van der Waals surface area contributed by atoms with E-state index in [9.17, 15) is 0 Å². The minimum atomic E-state index is 0.166. The summed E-state index contributed by atoms with van der Waals surface area (Å²) in [5.41, 5.74) is 0.670. The van der Waals surface area contributed by atoms with Gasteiger partial charge in [0, 0.05) is 36.2 Å². The second kappa shape index (κ2) is 5.41. The number of rotatable bonds is 3. The normalized spacial score (nSPS) is 19.7. The molecule has 2 rings (SSSR count). The van der Waals surface area contributed by atoms with Crippen LogP contribution in [-0.2, 0) is 6.54 Å². The van der Waals surface area contributed by atoms with Crippen molar-refractivity contribution in [2.75, 3.05) is 18.0 Å². The van der Waals surface area contributed by atoms with E-state index in [1.165, 1.54) is 22.9 Å². The van der Waals surface area contributed by atoms with E-state index in [1.54, 1.807) is 0 Å². The van der Waals surface area contributed by atoms with Gasteiger partial charge in [0.1, 0.15) is 0 Å². The monoisotopic (exact) mass is 281 g/mol. The minimum Gasteiger partial charge on any atom is -0.348 e. The number of hydrogen-bond donors (Lipinski definition) is 1. The predicted octanol–water partition coefficient (Wildman–Crippen LogP) is 3.66. The van der Waals surface area contributed by atoms with Crippen LogP contribution in [0.5, 0.6) is 0 Å². The zero-order valence-electron chi connectivity index (χ0n) is 12.9. The van der Waals surface area contributed by atoms with E-state index in [1.807, 2.05) is 17.5 Å². The van der Waals surface area contributed by atoms with Crippen molar-refractivity contribution in [1.82, 2.24) is 10.3 Å². The lowest BCUT2D eigenvalue weighted by atomic mass is 9.83. The van der Waals surface area contributed by atoms with E-state index in [-0.39, 0.29) is 5.54 Å². The molecule has 0 unspecified atom stereocenters. The zero-order valence-corrected chi connectivity index (χ0v) is 13.7. The van der Waals surface area contributed by atoms with Crippen molar-refractivity contribution in [2.45, 2.75) is 59.5 Å². The third-order valence-corrected chi connectivity index (χ3v) is 4.78. The maximum Gasteiger partial charge on any atom is 0.185 e. The summed E-state index contributed by atoms with van der Waals surface area (Å²) >= 11 is 1.83. The Hall–Kier alpha value is -0.610. The van der Waals surface area contributed by atoms with Crippen LogP contribution in [-0.4, -0.2) is 23.6 Å². The molecule has 0 bridgehead atoms. The quantitative estimate of drug-likeness (QED) is 0.916. The molecule has 2 heterocycles. The van der Waals surface area contributed by atoms with Crippen LogP contribution < -0.4 is 10.2 Å². The molecule has 0 atom stereocenters. The molecule has 0 amide bonds. The molecule has 19 heavy (non-hydrogen) atoms. The fourth-order valence-corrected chi connectivity index (χ4v) is 3.08. The third kappa shape index (κ3) is 4.46. The Morgan fingerprint density at radius 3 is 2.53 bits per heavy atom. The SMILES string of the molecule is CC1(C)CCN(c2ncc(CNC(C)(C)C)s2)CC1. The lowest BCUT2D eigenvalue weighted by molar-refractivity contribution is 0.280. The first-order valence-electron chi connectivity index (χ1n) is 7.20. The second-order valence-corrected chi connectivity index (χ2v) is 8.46. The predicted molar refractivity (Wildman–Crippen MR) is 83.9 cm³/mol. The molecule has 108 valence electrons. The second-order valence-electron chi connectivity index (χ2n) is 7.36. The van der Waals surface area contributed by atoms with Crippen molar-refractivity contribution in [1.29, 1.82) is 0 Å². The van der Waals surface area contributed by atoms with Gasteiger partial charge in [-0.1, -0.05) is 13.8 Å². The van der Waals surface area contributed by atoms with Crippen molar-refractivity contribution < 1.29 is 0 Å². The van der Waals surface area contributed by atoms with Crippen molar-refractivity contribution in [3.8, 4) is 0 Å². The largest absolute Gasteiger partial charge is 0.348 e. The highest BCUT2D eigenvalue weighted by atomic mass is 32.1. The van der Waals surface area contributed by atoms with Crippen LogP contribution in [0.15, 0.2) is 6.20 Å². The summed E-state index contributed by atoms with van der Waals surface area (Å²) in [6.45, 7) is 14.5. The van der Waals surface area contributed by atoms with Crippen LogP contribution in [0.3, 0.4) is 0 Å². The van der Waals surface area contributed by atoms with Crippen LogP contribution in [0.25, 0.3) is 0 Å². The first kappa shape index (κ1) is 14.8. The topological polar surface area (TPSA) is 28.2 Å². The summed E-state index contributed by atoms with van der Waals surface area (Å²) in [6, 6.07) is 0. The van der Waals surface area contributed by atoms with E-state index in [0.29, 0.717) is 5.41 Å². The van der Waals surface area contributed by atoms with Gasteiger partial charge in [0.05, 0.1) is 0 Å². The van der Waals surface area contributed by atoms with Gasteiger partial charge >= 0.3 is 0 Å². The van der Waals surface area contributed by atoms with E-state index in [4.69, 9.17) is 0 Å². The number of thiazole rings is 1. The Balaban J connectivity index is 1.91. The Bertz CT molecular complexity index is 407. The highest BCUT2D eigenvalue weighted by Gasteiger charge is 2.26. The number of nitrogens with one attached hydrogen (secondary N) is 1. The summed E-state index contributed by atoms with van der Waals surface area (Å²) in [5.74, 6) is 0. The fourth-order valence-electron chi connectivity index (χ4n) is 2.18. The molecule has 1 aliphatic heterocycles. The van der Waals surface area contributed by atoms with E-state index < -0.39 is 0 Å². The summed E-state index contributed by atoms with van der Waals surface area (Å²) in [6.07, 6.45) is 4.56. The Morgan fingerprint density at radius 1 is 1.32 bits per heavy atom. The van der Waals surface area contributed by atoms with Gasteiger partial charge in [-0.3, -0.25) is 0 Å². The number of aromatic nitrogens is 1. The average molecular weight is 281 g/mol. The molecule has 0 spiro atoms. The average Bonchev–Trinajstić information content (AvgIpc) is 2.74. The number of hydrogen-bond acceptors (Lipinski definition) is 4. The van der Waals surface area contributed by atoms with Crippen LogP contribution in [0.1, 0.15) is 52.3 Å². The standard InChI is InChI=1S/C15H27N3S/c1-14(2,3)17-11-12-10-16-13(19-12)18-8-6-15(4,5)7-9-18/h10,17H,6-9,11H2,1-5H3. The molecule has 1 aromatic rings. The lowest BCUT2D eigenvalue weighted by Gasteiger charge is -2.36. The molecular formula is C15H27N3S. The first-order chi connectivity index (χ1) is 8.75. The van der Waals surface area contributed by atoms with Crippen LogP contribution >= 0.6 is 11.3 Å². The molecular weight excluding hydrogens is 254 g/mol. The molecule has 1 aliphatic rings. The summed E-state index contributed by atoms with van der Waals surface area (Å²) in [7, 11) is 0. The molecule has 1 saturated heterocycles. The molecule has 0 saturated carbocycles. The van der Waals surface area contributed by atoms with Gasteiger partial charge in [0.2, 0.25) is 0 Å². The van der Waals surface area contributed by atoms with Gasteiger partial charge in [0.25, 0.3) is 0 Å². The number of nitrogens with zero attached hydrogens (tertiary/aromatic N) is 2. The van der Waals surface area contributed by atoms with Crippen LogP contribution in [0, 0.1) is 5.41 Å². The van der Waals surface area contributed by atoms with Gasteiger partial charge in [-0.2, -0.15) is 0 Å². The van der Waals surface area contributed by atoms with Crippen molar-refractivity contribution in [3.63, 3.8) is 0 Å². The molecule has 1 fully saturated rings. The van der Waals surface area contributed by atoms with Crippen molar-refractivity contribution in [2.24, 2.45) is 5.41 Å². The Morgan fingerprint density at radius 2 is 1.95 bits per heavy atom. The Labute approximate surface area is 121 Å². The first-order valence-corrected chi connectivity index (χ1v) is 8.02. The summed E-state index contributed by atoms with van der Waals surface area (Å²) in [4.78, 5) is 8.36. The van der Waals surface area contributed by atoms with Crippen LogP contribution in [0.4, 0.5) is 5.13 Å². The molecule has 1 aromatic heterocycles. The fraction of sp³-hybridized carbons (Fsp3) is 0.800. The summed E-state index contributed by atoms with van der Waals surface area (Å²) < 4.78 is 0. The molecule has 3 nitrogen and oxygen atoms in total. The maximum atomic E-state index is 4.59. The maximum absolute atomic E-state index is 4.59. The van der Waals surface area contributed by atoms with E-state index >= 15 is 0 Å².